The van der Waals surface area contributed by atoms with E-state index in [1.165, 1.54) is 12.8 Å². The van der Waals surface area contributed by atoms with Gasteiger partial charge >= 0.3 is 6.09 Å². The number of ether oxygens (including phenoxy) is 1. The Balaban J connectivity index is 2.67. The minimum Gasteiger partial charge on any atom is -0.444 e. The van der Waals surface area contributed by atoms with E-state index in [0.29, 0.717) is 6.04 Å². The third-order valence-electron chi connectivity index (χ3n) is 3.36. The number of carbonyl (C=O) groups excluding carboxylic acids is 1. The molecule has 2 N–H and O–H groups in total. The van der Waals surface area contributed by atoms with Gasteiger partial charge in [-0.2, -0.15) is 0 Å². The summed E-state index contributed by atoms with van der Waals surface area (Å²) in [6.07, 6.45) is 3.23. The highest BCUT2D eigenvalue weighted by Gasteiger charge is 2.35. The van der Waals surface area contributed by atoms with Crippen LogP contribution in [0.4, 0.5) is 4.79 Å². The fourth-order valence-electron chi connectivity index (χ4n) is 2.52. The molecule has 1 saturated heterocycles. The summed E-state index contributed by atoms with van der Waals surface area (Å²) < 4.78 is 5.38. The first kappa shape index (κ1) is 16.3. The molecule has 19 heavy (non-hydrogen) atoms. The fourth-order valence-corrected chi connectivity index (χ4v) is 2.52. The van der Waals surface area contributed by atoms with Crippen molar-refractivity contribution in [3.8, 4) is 0 Å². The zero-order valence-corrected chi connectivity index (χ0v) is 13.3. The van der Waals surface area contributed by atoms with Crippen molar-refractivity contribution >= 4 is 6.09 Å². The van der Waals surface area contributed by atoms with Crippen LogP contribution in [0.2, 0.25) is 0 Å². The van der Waals surface area contributed by atoms with Gasteiger partial charge in [0, 0.05) is 6.04 Å². The molecule has 2 atom stereocenters. The van der Waals surface area contributed by atoms with Crippen LogP contribution in [0.3, 0.4) is 0 Å². The van der Waals surface area contributed by atoms with Gasteiger partial charge in [0.2, 0.25) is 0 Å². The summed E-state index contributed by atoms with van der Waals surface area (Å²) in [5.41, 5.74) is -0.446. The lowest BCUT2D eigenvalue weighted by Crippen LogP contribution is -2.58. The molecule has 0 bridgehead atoms. The normalized spacial score (nSPS) is 22.7. The van der Waals surface area contributed by atoms with Crippen molar-refractivity contribution in [1.82, 2.24) is 10.6 Å². The molecular weight excluding hydrogens is 240 g/mol. The summed E-state index contributed by atoms with van der Waals surface area (Å²) in [6.45, 7) is 13.2. The lowest BCUT2D eigenvalue weighted by atomic mass is 9.79. The van der Waals surface area contributed by atoms with Crippen molar-refractivity contribution in [1.29, 1.82) is 0 Å². The Kier molecular flexibility index (Phi) is 5.25. The van der Waals surface area contributed by atoms with E-state index in [-0.39, 0.29) is 17.6 Å². The van der Waals surface area contributed by atoms with Gasteiger partial charge in [0.1, 0.15) is 5.60 Å². The summed E-state index contributed by atoms with van der Waals surface area (Å²) >= 11 is 0. The van der Waals surface area contributed by atoms with Gasteiger partial charge in [-0.05, 0) is 45.6 Å². The molecule has 1 amide bonds. The van der Waals surface area contributed by atoms with E-state index < -0.39 is 5.60 Å². The Morgan fingerprint density at radius 1 is 1.21 bits per heavy atom. The third-order valence-corrected chi connectivity index (χ3v) is 3.36. The minimum absolute atomic E-state index is 0.00586. The smallest absolute Gasteiger partial charge is 0.407 e. The summed E-state index contributed by atoms with van der Waals surface area (Å²) in [5.74, 6) is 0. The van der Waals surface area contributed by atoms with Crippen LogP contribution in [-0.2, 0) is 4.74 Å². The van der Waals surface area contributed by atoms with E-state index in [9.17, 15) is 4.79 Å². The minimum atomic E-state index is -0.452. The summed E-state index contributed by atoms with van der Waals surface area (Å²) in [7, 11) is 0. The molecule has 1 aliphatic heterocycles. The monoisotopic (exact) mass is 270 g/mol. The summed E-state index contributed by atoms with van der Waals surface area (Å²) in [5, 5.41) is 6.58. The summed E-state index contributed by atoms with van der Waals surface area (Å²) in [4.78, 5) is 12.0. The number of alkyl carbamates (subject to hydrolysis) is 1. The topological polar surface area (TPSA) is 50.4 Å². The number of hydrogen-bond donors (Lipinski definition) is 2. The molecule has 112 valence electrons. The van der Waals surface area contributed by atoms with Crippen molar-refractivity contribution in [2.45, 2.75) is 78.5 Å². The molecular formula is C15H30N2O2. The highest BCUT2D eigenvalue weighted by atomic mass is 16.6. The second-order valence-electron chi connectivity index (χ2n) is 7.55. The highest BCUT2D eigenvalue weighted by Crippen LogP contribution is 2.26. The predicted octanol–water partition coefficient (Wildman–Crippen LogP) is 3.07. The lowest BCUT2D eigenvalue weighted by Gasteiger charge is -2.40. The standard InChI is InChI=1S/C15H30N2O2/c1-14(2,3)12(11-9-7-8-10-16-11)17-13(18)19-15(4,5)6/h11-12,16H,7-10H2,1-6H3,(H,17,18). The van der Waals surface area contributed by atoms with Crippen molar-refractivity contribution < 1.29 is 9.53 Å². The van der Waals surface area contributed by atoms with Crippen LogP contribution in [0.5, 0.6) is 0 Å². The maximum absolute atomic E-state index is 12.0. The van der Waals surface area contributed by atoms with E-state index in [4.69, 9.17) is 4.74 Å². The number of carbonyl (C=O) groups is 1. The zero-order valence-electron chi connectivity index (χ0n) is 13.3. The van der Waals surface area contributed by atoms with Gasteiger partial charge in [0.25, 0.3) is 0 Å². The molecule has 0 aromatic rings. The van der Waals surface area contributed by atoms with Crippen molar-refractivity contribution in [2.75, 3.05) is 6.54 Å². The number of piperidine rings is 1. The first-order chi connectivity index (χ1) is 8.59. The Morgan fingerprint density at radius 3 is 2.26 bits per heavy atom. The molecule has 0 aromatic carbocycles. The quantitative estimate of drug-likeness (QED) is 0.811. The number of rotatable bonds is 2. The maximum atomic E-state index is 12.0. The van der Waals surface area contributed by atoms with Crippen LogP contribution >= 0.6 is 0 Å². The van der Waals surface area contributed by atoms with E-state index in [1.807, 2.05) is 20.8 Å². The molecule has 2 unspecified atom stereocenters. The van der Waals surface area contributed by atoms with Crippen LogP contribution in [0.1, 0.15) is 60.8 Å². The van der Waals surface area contributed by atoms with E-state index in [0.717, 1.165) is 13.0 Å². The van der Waals surface area contributed by atoms with Gasteiger partial charge in [-0.3, -0.25) is 0 Å². The molecule has 4 heteroatoms. The molecule has 1 heterocycles. The Morgan fingerprint density at radius 2 is 1.84 bits per heavy atom. The molecule has 0 aliphatic carbocycles. The van der Waals surface area contributed by atoms with Gasteiger partial charge < -0.3 is 15.4 Å². The molecule has 4 nitrogen and oxygen atoms in total. The third kappa shape index (κ3) is 5.81. The van der Waals surface area contributed by atoms with Crippen LogP contribution in [0, 0.1) is 5.41 Å². The van der Waals surface area contributed by atoms with Crippen molar-refractivity contribution in [3.63, 3.8) is 0 Å². The fraction of sp³-hybridized carbons (Fsp3) is 0.933. The predicted molar refractivity (Wildman–Crippen MR) is 78.3 cm³/mol. The van der Waals surface area contributed by atoms with Crippen molar-refractivity contribution in [3.05, 3.63) is 0 Å². The average Bonchev–Trinajstić information content (AvgIpc) is 2.23. The Labute approximate surface area is 117 Å². The Hall–Kier alpha value is -0.770. The van der Waals surface area contributed by atoms with E-state index in [2.05, 4.69) is 31.4 Å². The molecule has 0 spiro atoms. The average molecular weight is 270 g/mol. The largest absolute Gasteiger partial charge is 0.444 e. The van der Waals surface area contributed by atoms with E-state index in [1.54, 1.807) is 0 Å². The number of nitrogens with one attached hydrogen (secondary N) is 2. The van der Waals surface area contributed by atoms with Crippen LogP contribution in [0.25, 0.3) is 0 Å². The first-order valence-electron chi connectivity index (χ1n) is 7.32. The van der Waals surface area contributed by atoms with Gasteiger partial charge in [0.15, 0.2) is 0 Å². The molecule has 1 fully saturated rings. The molecule has 1 aliphatic rings. The SMILES string of the molecule is CC(C)(C)OC(=O)NC(C1CCCCN1)C(C)(C)C. The summed E-state index contributed by atoms with van der Waals surface area (Å²) in [6, 6.07) is 0.420. The highest BCUT2D eigenvalue weighted by molar-refractivity contribution is 5.68. The van der Waals surface area contributed by atoms with Crippen LogP contribution in [-0.4, -0.2) is 30.3 Å². The van der Waals surface area contributed by atoms with Gasteiger partial charge in [-0.1, -0.05) is 27.2 Å². The van der Waals surface area contributed by atoms with Gasteiger partial charge in [-0.15, -0.1) is 0 Å². The number of hydrogen-bond acceptors (Lipinski definition) is 3. The van der Waals surface area contributed by atoms with Gasteiger partial charge in [-0.25, -0.2) is 4.79 Å². The lowest BCUT2D eigenvalue weighted by molar-refractivity contribution is 0.0430. The van der Waals surface area contributed by atoms with Crippen molar-refractivity contribution in [2.24, 2.45) is 5.41 Å². The van der Waals surface area contributed by atoms with Crippen LogP contribution in [0.15, 0.2) is 0 Å². The first-order valence-corrected chi connectivity index (χ1v) is 7.32. The van der Waals surface area contributed by atoms with Crippen LogP contribution < -0.4 is 10.6 Å². The number of amides is 1. The second-order valence-corrected chi connectivity index (χ2v) is 7.55. The van der Waals surface area contributed by atoms with E-state index >= 15 is 0 Å². The molecule has 0 radical (unpaired) electrons. The van der Waals surface area contributed by atoms with Gasteiger partial charge in [0.05, 0.1) is 6.04 Å². The molecule has 0 saturated carbocycles. The molecule has 0 aromatic heterocycles. The molecule has 1 rings (SSSR count). The maximum Gasteiger partial charge on any atom is 0.407 e. The Bertz CT molecular complexity index is 296. The second kappa shape index (κ2) is 6.12. The zero-order chi connectivity index (χ0) is 14.7.